The van der Waals surface area contributed by atoms with E-state index >= 15 is 0 Å². The van der Waals surface area contributed by atoms with Crippen LogP contribution in [0.15, 0.2) is 71.6 Å². The Balaban J connectivity index is 1.73. The van der Waals surface area contributed by atoms with Crippen molar-refractivity contribution < 1.29 is 22.3 Å². The molecule has 0 spiro atoms. The zero-order chi connectivity index (χ0) is 23.1. The van der Waals surface area contributed by atoms with Gasteiger partial charge in [0.15, 0.2) is 0 Å². The van der Waals surface area contributed by atoms with Gasteiger partial charge in [-0.25, -0.2) is 17.6 Å². The van der Waals surface area contributed by atoms with E-state index in [1.165, 1.54) is 36.4 Å². The predicted molar refractivity (Wildman–Crippen MR) is 123 cm³/mol. The zero-order valence-electron chi connectivity index (χ0n) is 18.1. The van der Waals surface area contributed by atoms with E-state index in [1.54, 1.807) is 25.1 Å². The highest BCUT2D eigenvalue weighted by Gasteiger charge is 2.20. The van der Waals surface area contributed by atoms with Crippen molar-refractivity contribution in [1.82, 2.24) is 0 Å². The van der Waals surface area contributed by atoms with E-state index in [4.69, 9.17) is 4.74 Å². The monoisotopic (exact) mass is 455 g/mol. The van der Waals surface area contributed by atoms with Crippen LogP contribution in [-0.2, 0) is 27.8 Å². The van der Waals surface area contributed by atoms with Crippen LogP contribution >= 0.6 is 0 Å². The van der Waals surface area contributed by atoms with Crippen LogP contribution in [0.2, 0.25) is 0 Å². The molecule has 0 aliphatic heterocycles. The molecular weight excluding hydrogens is 429 g/mol. The number of esters is 1. The van der Waals surface area contributed by atoms with Gasteiger partial charge in [-0.1, -0.05) is 43.7 Å². The largest absolute Gasteiger partial charge is 0.457 e. The van der Waals surface area contributed by atoms with Crippen molar-refractivity contribution in [3.05, 3.63) is 94.8 Å². The lowest BCUT2D eigenvalue weighted by atomic mass is 10.1. The summed E-state index contributed by atoms with van der Waals surface area (Å²) in [6.07, 6.45) is 3.12. The van der Waals surface area contributed by atoms with Crippen LogP contribution in [0.5, 0.6) is 0 Å². The third-order valence-electron chi connectivity index (χ3n) is 5.02. The molecule has 0 aliphatic carbocycles. The number of nitrogens with one attached hydrogen (secondary N) is 1. The maximum absolute atomic E-state index is 13.0. The van der Waals surface area contributed by atoms with E-state index in [0.29, 0.717) is 16.8 Å². The van der Waals surface area contributed by atoms with Gasteiger partial charge in [-0.15, -0.1) is 0 Å². The molecule has 0 amide bonds. The molecule has 0 unspecified atom stereocenters. The molecule has 7 heteroatoms. The van der Waals surface area contributed by atoms with Gasteiger partial charge in [0.25, 0.3) is 10.0 Å². The maximum Gasteiger partial charge on any atom is 0.338 e. The molecule has 0 heterocycles. The summed E-state index contributed by atoms with van der Waals surface area (Å²) in [5.41, 5.74) is 2.86. The molecule has 0 radical (unpaired) electrons. The van der Waals surface area contributed by atoms with Gasteiger partial charge in [-0.3, -0.25) is 4.72 Å². The molecule has 168 valence electrons. The van der Waals surface area contributed by atoms with Gasteiger partial charge in [0.2, 0.25) is 0 Å². The fourth-order valence-electron chi connectivity index (χ4n) is 3.16. The molecule has 1 N–H and O–H groups in total. The Bertz CT molecular complexity index is 1170. The number of unbranched alkanes of at least 4 members (excludes halogenated alkanes) is 1. The Morgan fingerprint density at radius 2 is 1.62 bits per heavy atom. The van der Waals surface area contributed by atoms with Crippen molar-refractivity contribution in [2.45, 2.75) is 44.6 Å². The van der Waals surface area contributed by atoms with E-state index in [1.807, 2.05) is 12.1 Å². The van der Waals surface area contributed by atoms with Crippen LogP contribution in [0.4, 0.5) is 10.1 Å². The topological polar surface area (TPSA) is 72.5 Å². The summed E-state index contributed by atoms with van der Waals surface area (Å²) in [5, 5.41) is 0. The first-order valence-electron chi connectivity index (χ1n) is 10.4. The molecule has 0 bridgehead atoms. The van der Waals surface area contributed by atoms with Crippen molar-refractivity contribution in [3.63, 3.8) is 0 Å². The zero-order valence-corrected chi connectivity index (χ0v) is 18.9. The van der Waals surface area contributed by atoms with Gasteiger partial charge < -0.3 is 4.74 Å². The van der Waals surface area contributed by atoms with Crippen LogP contribution in [0, 0.1) is 12.7 Å². The summed E-state index contributed by atoms with van der Waals surface area (Å²) in [6, 6.07) is 17.3. The third kappa shape index (κ3) is 6.17. The molecule has 0 saturated carbocycles. The summed E-state index contributed by atoms with van der Waals surface area (Å²) in [5.74, 6) is -1.04. The standard InChI is InChI=1S/C25H26FNO4S/c1-3-4-5-19-9-14-23(15-10-19)27-32(29,30)24-16-21(11-6-18(24)2)25(28)31-17-20-7-12-22(26)13-8-20/h6-16,27H,3-5,17H2,1-2H3. The van der Waals surface area contributed by atoms with Crippen LogP contribution in [0.3, 0.4) is 0 Å². The van der Waals surface area contributed by atoms with Gasteiger partial charge in [-0.05, 0) is 72.9 Å². The molecule has 0 aromatic heterocycles. The molecule has 3 aromatic carbocycles. The Morgan fingerprint density at radius 3 is 2.28 bits per heavy atom. The number of ether oxygens (including phenoxy) is 1. The van der Waals surface area contributed by atoms with E-state index in [0.717, 1.165) is 24.8 Å². The fourth-order valence-corrected chi connectivity index (χ4v) is 4.49. The number of benzene rings is 3. The highest BCUT2D eigenvalue weighted by Crippen LogP contribution is 2.22. The number of hydrogen-bond acceptors (Lipinski definition) is 4. The Kier molecular flexibility index (Phi) is 7.64. The number of anilines is 1. The number of sulfonamides is 1. The van der Waals surface area contributed by atoms with Crippen molar-refractivity contribution in [1.29, 1.82) is 0 Å². The molecule has 3 rings (SSSR count). The second-order valence-corrected chi connectivity index (χ2v) is 9.24. The lowest BCUT2D eigenvalue weighted by molar-refractivity contribution is 0.0472. The summed E-state index contributed by atoms with van der Waals surface area (Å²) in [6.45, 7) is 3.74. The van der Waals surface area contributed by atoms with Crippen molar-refractivity contribution in [2.24, 2.45) is 0 Å². The Labute approximate surface area is 188 Å². The van der Waals surface area contributed by atoms with E-state index in [9.17, 15) is 17.6 Å². The molecule has 0 aliphatic rings. The van der Waals surface area contributed by atoms with Crippen molar-refractivity contribution in [3.8, 4) is 0 Å². The van der Waals surface area contributed by atoms with E-state index in [-0.39, 0.29) is 22.9 Å². The molecule has 5 nitrogen and oxygen atoms in total. The highest BCUT2D eigenvalue weighted by molar-refractivity contribution is 7.92. The SMILES string of the molecule is CCCCc1ccc(NS(=O)(=O)c2cc(C(=O)OCc3ccc(F)cc3)ccc2C)cc1. The third-order valence-corrected chi connectivity index (χ3v) is 6.54. The highest BCUT2D eigenvalue weighted by atomic mass is 32.2. The molecule has 0 atom stereocenters. The van der Waals surface area contributed by atoms with Crippen LogP contribution < -0.4 is 4.72 Å². The quantitative estimate of drug-likeness (QED) is 0.424. The van der Waals surface area contributed by atoms with Crippen molar-refractivity contribution in [2.75, 3.05) is 4.72 Å². The van der Waals surface area contributed by atoms with Crippen LogP contribution in [0.25, 0.3) is 0 Å². The lowest BCUT2D eigenvalue weighted by Crippen LogP contribution is -2.15. The number of carbonyl (C=O) groups excluding carboxylic acids is 1. The number of hydrogen-bond donors (Lipinski definition) is 1. The van der Waals surface area contributed by atoms with Gasteiger partial charge in [0.1, 0.15) is 12.4 Å². The smallest absolute Gasteiger partial charge is 0.338 e. The summed E-state index contributed by atoms with van der Waals surface area (Å²) >= 11 is 0. The maximum atomic E-state index is 13.0. The first-order chi connectivity index (χ1) is 15.3. The molecule has 32 heavy (non-hydrogen) atoms. The van der Waals surface area contributed by atoms with Gasteiger partial charge >= 0.3 is 5.97 Å². The molecular formula is C25H26FNO4S. The Hall–Kier alpha value is -3.19. The first-order valence-corrected chi connectivity index (χ1v) is 11.9. The van der Waals surface area contributed by atoms with Gasteiger partial charge in [0, 0.05) is 5.69 Å². The number of aryl methyl sites for hydroxylation is 2. The van der Waals surface area contributed by atoms with Crippen LogP contribution in [-0.4, -0.2) is 14.4 Å². The summed E-state index contributed by atoms with van der Waals surface area (Å²) in [7, 11) is -3.90. The minimum absolute atomic E-state index is 0.00351. The summed E-state index contributed by atoms with van der Waals surface area (Å²) in [4.78, 5) is 12.4. The molecule has 0 saturated heterocycles. The second-order valence-electron chi connectivity index (χ2n) is 7.59. The van der Waals surface area contributed by atoms with Crippen LogP contribution in [0.1, 0.15) is 46.8 Å². The van der Waals surface area contributed by atoms with Gasteiger partial charge in [0.05, 0.1) is 10.5 Å². The average Bonchev–Trinajstić information content (AvgIpc) is 2.78. The lowest BCUT2D eigenvalue weighted by Gasteiger charge is -2.12. The van der Waals surface area contributed by atoms with Crippen molar-refractivity contribution >= 4 is 21.7 Å². The number of halogens is 1. The van der Waals surface area contributed by atoms with Gasteiger partial charge in [-0.2, -0.15) is 0 Å². The number of rotatable bonds is 9. The average molecular weight is 456 g/mol. The molecule has 0 fully saturated rings. The van der Waals surface area contributed by atoms with E-state index in [2.05, 4.69) is 11.6 Å². The second kappa shape index (κ2) is 10.4. The minimum Gasteiger partial charge on any atom is -0.457 e. The predicted octanol–water partition coefficient (Wildman–Crippen LogP) is 5.63. The van der Waals surface area contributed by atoms with E-state index < -0.39 is 16.0 Å². The normalized spacial score (nSPS) is 11.2. The minimum atomic E-state index is -3.90. The summed E-state index contributed by atoms with van der Waals surface area (Å²) < 4.78 is 46.8. The fraction of sp³-hybridized carbons (Fsp3) is 0.240. The first kappa shape index (κ1) is 23.5. The number of carbonyl (C=O) groups is 1. The molecule has 3 aromatic rings. The Morgan fingerprint density at radius 1 is 0.969 bits per heavy atom.